The molecule has 22 heavy (non-hydrogen) atoms. The molecule has 0 amide bonds. The number of benzene rings is 2. The second-order valence-electron chi connectivity index (χ2n) is 7.32. The first kappa shape index (κ1) is 17.1. The van der Waals surface area contributed by atoms with E-state index < -0.39 is 0 Å². The highest BCUT2D eigenvalue weighted by molar-refractivity contribution is 5.83. The van der Waals surface area contributed by atoms with Crippen LogP contribution in [0.4, 0.5) is 0 Å². The predicted octanol–water partition coefficient (Wildman–Crippen LogP) is 7.26. The van der Waals surface area contributed by atoms with Gasteiger partial charge >= 0.3 is 0 Å². The summed E-state index contributed by atoms with van der Waals surface area (Å²) >= 11 is 0. The first-order chi connectivity index (χ1) is 10.6. The Morgan fingerprint density at radius 2 is 1.36 bits per heavy atom. The Bertz CT molecular complexity index is 565. The molecule has 0 unspecified atom stereocenters. The zero-order valence-corrected chi connectivity index (χ0v) is 14.7. The molecule has 0 aliphatic rings. The minimum Gasteiger partial charge on any atom is -0.0654 e. The first-order valence-corrected chi connectivity index (χ1v) is 9.13. The number of rotatable bonds is 9. The fraction of sp³-hybridized carbons (Fsp3) is 0.545. The first-order valence-electron chi connectivity index (χ1n) is 9.13. The predicted molar refractivity (Wildman–Crippen MR) is 99.6 cm³/mol. The van der Waals surface area contributed by atoms with E-state index in [-0.39, 0.29) is 5.41 Å². The summed E-state index contributed by atoms with van der Waals surface area (Å²) in [5.74, 6) is 0. The van der Waals surface area contributed by atoms with E-state index in [9.17, 15) is 0 Å². The third-order valence-corrected chi connectivity index (χ3v) is 4.94. The molecule has 0 radical (unpaired) electrons. The Morgan fingerprint density at radius 3 is 2.09 bits per heavy atom. The summed E-state index contributed by atoms with van der Waals surface area (Å²) in [4.78, 5) is 0. The molecule has 0 aliphatic carbocycles. The van der Waals surface area contributed by atoms with Gasteiger partial charge in [0, 0.05) is 0 Å². The Morgan fingerprint density at radius 1 is 0.727 bits per heavy atom. The number of unbranched alkanes of at least 4 members (excludes halogenated alkanes) is 6. The van der Waals surface area contributed by atoms with E-state index in [4.69, 9.17) is 0 Å². The average Bonchev–Trinajstić information content (AvgIpc) is 2.53. The Labute approximate surface area is 136 Å². The van der Waals surface area contributed by atoms with Gasteiger partial charge in [-0.2, -0.15) is 0 Å². The molecule has 0 spiro atoms. The fourth-order valence-corrected chi connectivity index (χ4v) is 3.28. The SMILES string of the molecule is CCCCCCCCCC(C)(C)c1ccc2ccccc2c1. The number of hydrogen-bond donors (Lipinski definition) is 0. The van der Waals surface area contributed by atoms with Crippen molar-refractivity contribution in [2.24, 2.45) is 0 Å². The topological polar surface area (TPSA) is 0 Å². The Balaban J connectivity index is 1.85. The highest BCUT2D eigenvalue weighted by Gasteiger charge is 2.20. The Hall–Kier alpha value is -1.30. The zero-order valence-electron chi connectivity index (χ0n) is 14.7. The van der Waals surface area contributed by atoms with Crippen molar-refractivity contribution in [2.45, 2.75) is 77.6 Å². The van der Waals surface area contributed by atoms with Gasteiger partial charge < -0.3 is 0 Å². The molecule has 2 aromatic rings. The third kappa shape index (κ3) is 4.87. The number of hydrogen-bond acceptors (Lipinski definition) is 0. The van der Waals surface area contributed by atoms with Gasteiger partial charge in [0.25, 0.3) is 0 Å². The third-order valence-electron chi connectivity index (χ3n) is 4.94. The normalized spacial score (nSPS) is 12.0. The molecule has 0 saturated carbocycles. The summed E-state index contributed by atoms with van der Waals surface area (Å²) in [5.41, 5.74) is 1.77. The van der Waals surface area contributed by atoms with Crippen LogP contribution in [-0.4, -0.2) is 0 Å². The second kappa shape index (κ2) is 8.36. The minimum absolute atomic E-state index is 0.285. The molecule has 0 atom stereocenters. The molecule has 0 saturated heterocycles. The quantitative estimate of drug-likeness (QED) is 0.427. The minimum atomic E-state index is 0.285. The van der Waals surface area contributed by atoms with Crippen LogP contribution in [0.25, 0.3) is 10.8 Å². The van der Waals surface area contributed by atoms with Crippen molar-refractivity contribution in [3.8, 4) is 0 Å². The molecule has 0 nitrogen and oxygen atoms in total. The van der Waals surface area contributed by atoms with Crippen LogP contribution in [0.2, 0.25) is 0 Å². The molecule has 0 aromatic heterocycles. The molecule has 0 bridgehead atoms. The molecule has 120 valence electrons. The average molecular weight is 296 g/mol. The monoisotopic (exact) mass is 296 g/mol. The lowest BCUT2D eigenvalue weighted by Crippen LogP contribution is -2.16. The highest BCUT2D eigenvalue weighted by atomic mass is 14.2. The molecule has 0 fully saturated rings. The van der Waals surface area contributed by atoms with Gasteiger partial charge in [-0.25, -0.2) is 0 Å². The van der Waals surface area contributed by atoms with Gasteiger partial charge in [0.2, 0.25) is 0 Å². The van der Waals surface area contributed by atoms with Crippen LogP contribution < -0.4 is 0 Å². The molecule has 2 rings (SSSR count). The van der Waals surface area contributed by atoms with Crippen LogP contribution in [0.1, 0.15) is 77.7 Å². The van der Waals surface area contributed by atoms with E-state index in [0.29, 0.717) is 0 Å². The van der Waals surface area contributed by atoms with E-state index >= 15 is 0 Å². The Kier molecular flexibility index (Phi) is 6.49. The van der Waals surface area contributed by atoms with Crippen molar-refractivity contribution in [3.63, 3.8) is 0 Å². The van der Waals surface area contributed by atoms with Crippen molar-refractivity contribution in [1.29, 1.82) is 0 Å². The summed E-state index contributed by atoms with van der Waals surface area (Å²) in [6, 6.07) is 15.7. The molecule has 0 heterocycles. The van der Waals surface area contributed by atoms with E-state index in [0.717, 1.165) is 0 Å². The van der Waals surface area contributed by atoms with Crippen molar-refractivity contribution >= 4 is 10.8 Å². The summed E-state index contributed by atoms with van der Waals surface area (Å²) < 4.78 is 0. The van der Waals surface area contributed by atoms with E-state index in [1.165, 1.54) is 67.7 Å². The highest BCUT2D eigenvalue weighted by Crippen LogP contribution is 2.31. The van der Waals surface area contributed by atoms with Crippen molar-refractivity contribution in [2.75, 3.05) is 0 Å². The largest absolute Gasteiger partial charge is 0.0654 e. The second-order valence-corrected chi connectivity index (χ2v) is 7.32. The van der Waals surface area contributed by atoms with Gasteiger partial charge in [0.1, 0.15) is 0 Å². The number of fused-ring (bicyclic) bond motifs is 1. The molecule has 0 heteroatoms. The molecule has 2 aromatic carbocycles. The van der Waals surface area contributed by atoms with E-state index in [2.05, 4.69) is 63.2 Å². The van der Waals surface area contributed by atoms with Crippen LogP contribution in [-0.2, 0) is 5.41 Å². The van der Waals surface area contributed by atoms with Gasteiger partial charge in [0.05, 0.1) is 0 Å². The van der Waals surface area contributed by atoms with Crippen molar-refractivity contribution < 1.29 is 0 Å². The van der Waals surface area contributed by atoms with Gasteiger partial charge in [-0.15, -0.1) is 0 Å². The maximum atomic E-state index is 2.40. The maximum absolute atomic E-state index is 2.40. The van der Waals surface area contributed by atoms with Crippen LogP contribution in [0.15, 0.2) is 42.5 Å². The standard InChI is InChI=1S/C22H32/c1-4-5-6-7-8-9-12-17-22(2,3)21-16-15-19-13-10-11-14-20(19)18-21/h10-11,13-16,18H,4-9,12,17H2,1-3H3. The van der Waals surface area contributed by atoms with Crippen molar-refractivity contribution in [3.05, 3.63) is 48.0 Å². The van der Waals surface area contributed by atoms with Gasteiger partial charge in [-0.05, 0) is 28.2 Å². The van der Waals surface area contributed by atoms with Crippen LogP contribution >= 0.6 is 0 Å². The summed E-state index contributed by atoms with van der Waals surface area (Å²) in [7, 11) is 0. The summed E-state index contributed by atoms with van der Waals surface area (Å²) in [6.07, 6.45) is 11.0. The molecule has 0 aliphatic heterocycles. The van der Waals surface area contributed by atoms with Gasteiger partial charge in [-0.3, -0.25) is 0 Å². The van der Waals surface area contributed by atoms with Crippen LogP contribution in [0, 0.1) is 0 Å². The van der Waals surface area contributed by atoms with Crippen LogP contribution in [0.5, 0.6) is 0 Å². The zero-order chi connectivity index (χ0) is 15.8. The lowest BCUT2D eigenvalue weighted by atomic mass is 9.79. The lowest BCUT2D eigenvalue weighted by Gasteiger charge is -2.26. The maximum Gasteiger partial charge on any atom is -0.0103 e. The van der Waals surface area contributed by atoms with Gasteiger partial charge in [-0.1, -0.05) is 108 Å². The summed E-state index contributed by atoms with van der Waals surface area (Å²) in [6.45, 7) is 7.08. The molecular formula is C22H32. The van der Waals surface area contributed by atoms with E-state index in [1.54, 1.807) is 0 Å². The smallest absolute Gasteiger partial charge is 0.0103 e. The summed E-state index contributed by atoms with van der Waals surface area (Å²) in [5, 5.41) is 2.71. The molecule has 0 N–H and O–H groups in total. The van der Waals surface area contributed by atoms with E-state index in [1.807, 2.05) is 0 Å². The van der Waals surface area contributed by atoms with Crippen LogP contribution in [0.3, 0.4) is 0 Å². The molecular weight excluding hydrogens is 264 g/mol. The fourth-order valence-electron chi connectivity index (χ4n) is 3.28. The van der Waals surface area contributed by atoms with Crippen molar-refractivity contribution in [1.82, 2.24) is 0 Å². The van der Waals surface area contributed by atoms with Gasteiger partial charge in [0.15, 0.2) is 0 Å². The lowest BCUT2D eigenvalue weighted by molar-refractivity contribution is 0.442.